The SMILES string of the molecule is COc1ccc(C2C(c3ccc(CC(=O)[C@@H]4CCCN4C(=O)OC(C)(C)C)cc3)C2c2ccc(CC(=O)[C@@H]3CCCN3C(=O)OC(C)(C)C)cc2)cc1. The van der Waals surface area contributed by atoms with Gasteiger partial charge in [-0.15, -0.1) is 0 Å². The van der Waals surface area contributed by atoms with Gasteiger partial charge < -0.3 is 14.2 Å². The first-order chi connectivity index (χ1) is 25.1. The highest BCUT2D eigenvalue weighted by Crippen LogP contribution is 2.66. The fourth-order valence-corrected chi connectivity index (χ4v) is 8.02. The van der Waals surface area contributed by atoms with Gasteiger partial charge in [-0.3, -0.25) is 19.4 Å². The number of carbonyl (C=O) groups is 4. The molecule has 2 unspecified atom stereocenters. The molecule has 2 heterocycles. The minimum absolute atomic E-state index is 0.0329. The van der Waals surface area contributed by atoms with E-state index < -0.39 is 35.5 Å². The number of rotatable bonds is 10. The van der Waals surface area contributed by atoms with Gasteiger partial charge in [0.1, 0.15) is 17.0 Å². The molecular formula is C44H54N2O7. The summed E-state index contributed by atoms with van der Waals surface area (Å²) in [6, 6.07) is 24.0. The zero-order chi connectivity index (χ0) is 38.1. The largest absolute Gasteiger partial charge is 0.497 e. The zero-order valence-corrected chi connectivity index (χ0v) is 32.2. The van der Waals surface area contributed by atoms with Crippen molar-refractivity contribution in [3.8, 4) is 5.75 Å². The Labute approximate surface area is 314 Å². The molecule has 1 aliphatic carbocycles. The van der Waals surface area contributed by atoms with Crippen LogP contribution in [0.4, 0.5) is 9.59 Å². The number of Topliss-reactive ketones (excluding diaryl/α,β-unsaturated/α-hetero) is 2. The summed E-state index contributed by atoms with van der Waals surface area (Å²) >= 11 is 0. The van der Waals surface area contributed by atoms with Gasteiger partial charge in [0, 0.05) is 25.9 Å². The summed E-state index contributed by atoms with van der Waals surface area (Å²) in [5, 5.41) is 0. The number of hydrogen-bond acceptors (Lipinski definition) is 7. The fraction of sp³-hybridized carbons (Fsp3) is 0.500. The molecule has 4 atom stereocenters. The molecule has 1 saturated carbocycles. The maximum Gasteiger partial charge on any atom is 0.410 e. The molecular weight excluding hydrogens is 668 g/mol. The summed E-state index contributed by atoms with van der Waals surface area (Å²) in [4.78, 5) is 55.6. The predicted molar refractivity (Wildman–Crippen MR) is 203 cm³/mol. The molecule has 282 valence electrons. The minimum Gasteiger partial charge on any atom is -0.497 e. The average molecular weight is 723 g/mol. The number of ether oxygens (including phenoxy) is 3. The average Bonchev–Trinajstić information content (AvgIpc) is 3.41. The molecule has 9 nitrogen and oxygen atoms in total. The Kier molecular flexibility index (Phi) is 11.0. The van der Waals surface area contributed by atoms with E-state index in [1.807, 2.05) is 77.9 Å². The third-order valence-electron chi connectivity index (χ3n) is 10.5. The van der Waals surface area contributed by atoms with Crippen molar-refractivity contribution in [2.75, 3.05) is 20.2 Å². The van der Waals surface area contributed by atoms with Crippen LogP contribution in [0.3, 0.4) is 0 Å². The van der Waals surface area contributed by atoms with E-state index in [9.17, 15) is 19.2 Å². The second-order valence-corrected chi connectivity index (χ2v) is 16.8. The quantitative estimate of drug-likeness (QED) is 0.207. The molecule has 2 saturated heterocycles. The summed E-state index contributed by atoms with van der Waals surface area (Å²) in [5.41, 5.74) is 4.25. The summed E-state index contributed by atoms with van der Waals surface area (Å²) in [6.07, 6.45) is 2.55. The van der Waals surface area contributed by atoms with Crippen molar-refractivity contribution < 1.29 is 33.4 Å². The van der Waals surface area contributed by atoms with E-state index in [2.05, 4.69) is 36.4 Å². The van der Waals surface area contributed by atoms with Gasteiger partial charge in [-0.25, -0.2) is 9.59 Å². The van der Waals surface area contributed by atoms with Crippen LogP contribution >= 0.6 is 0 Å². The molecule has 3 aliphatic rings. The Morgan fingerprint density at radius 1 is 0.566 bits per heavy atom. The molecule has 3 fully saturated rings. The van der Waals surface area contributed by atoms with Crippen LogP contribution in [0.5, 0.6) is 5.75 Å². The lowest BCUT2D eigenvalue weighted by molar-refractivity contribution is -0.123. The first kappa shape index (κ1) is 38.1. The van der Waals surface area contributed by atoms with E-state index in [0.717, 1.165) is 29.7 Å². The van der Waals surface area contributed by atoms with E-state index in [1.165, 1.54) is 16.7 Å². The maximum absolute atomic E-state index is 13.4. The Bertz CT molecular complexity index is 1680. The van der Waals surface area contributed by atoms with Gasteiger partial charge >= 0.3 is 12.2 Å². The van der Waals surface area contributed by atoms with E-state index in [1.54, 1.807) is 16.9 Å². The summed E-state index contributed by atoms with van der Waals surface area (Å²) in [6.45, 7) is 12.1. The van der Waals surface area contributed by atoms with E-state index in [0.29, 0.717) is 25.9 Å². The monoisotopic (exact) mass is 722 g/mol. The molecule has 2 aliphatic heterocycles. The first-order valence-electron chi connectivity index (χ1n) is 19.0. The van der Waals surface area contributed by atoms with Crippen molar-refractivity contribution in [3.63, 3.8) is 0 Å². The molecule has 0 spiro atoms. The number of amides is 2. The summed E-state index contributed by atoms with van der Waals surface area (Å²) < 4.78 is 16.6. The topological polar surface area (TPSA) is 102 Å². The minimum atomic E-state index is -0.614. The van der Waals surface area contributed by atoms with Crippen molar-refractivity contribution in [2.45, 2.75) is 121 Å². The van der Waals surface area contributed by atoms with Crippen molar-refractivity contribution >= 4 is 23.8 Å². The lowest BCUT2D eigenvalue weighted by Crippen LogP contribution is -2.43. The normalized spacial score (nSPS) is 22.7. The molecule has 6 rings (SSSR count). The predicted octanol–water partition coefficient (Wildman–Crippen LogP) is 8.38. The summed E-state index contributed by atoms with van der Waals surface area (Å²) in [5.74, 6) is 1.60. The van der Waals surface area contributed by atoms with E-state index in [4.69, 9.17) is 14.2 Å². The first-order valence-corrected chi connectivity index (χ1v) is 19.0. The molecule has 53 heavy (non-hydrogen) atoms. The fourth-order valence-electron chi connectivity index (χ4n) is 8.02. The van der Waals surface area contributed by atoms with Crippen LogP contribution in [-0.4, -0.2) is 77.0 Å². The van der Waals surface area contributed by atoms with Gasteiger partial charge in [0.25, 0.3) is 0 Å². The van der Waals surface area contributed by atoms with Crippen molar-refractivity contribution in [1.82, 2.24) is 9.80 Å². The highest BCUT2D eigenvalue weighted by Gasteiger charge is 2.52. The van der Waals surface area contributed by atoms with Crippen molar-refractivity contribution in [2.24, 2.45) is 0 Å². The van der Waals surface area contributed by atoms with Crippen LogP contribution in [0, 0.1) is 0 Å². The molecule has 3 aromatic carbocycles. The Morgan fingerprint density at radius 2 is 0.906 bits per heavy atom. The molecule has 0 N–H and O–H groups in total. The van der Waals surface area contributed by atoms with Gasteiger partial charge in [0.15, 0.2) is 11.6 Å². The van der Waals surface area contributed by atoms with Gasteiger partial charge in [0.2, 0.25) is 0 Å². The molecule has 3 aromatic rings. The second kappa shape index (κ2) is 15.4. The van der Waals surface area contributed by atoms with Gasteiger partial charge in [-0.1, -0.05) is 60.7 Å². The smallest absolute Gasteiger partial charge is 0.410 e. The Hall–Kier alpha value is -4.66. The summed E-state index contributed by atoms with van der Waals surface area (Å²) in [7, 11) is 1.67. The molecule has 9 heteroatoms. The number of nitrogens with zero attached hydrogens (tertiary/aromatic N) is 2. The van der Waals surface area contributed by atoms with Gasteiger partial charge in [-0.05, 0) is 125 Å². The van der Waals surface area contributed by atoms with E-state index >= 15 is 0 Å². The van der Waals surface area contributed by atoms with E-state index in [-0.39, 0.29) is 42.2 Å². The van der Waals surface area contributed by atoms with Crippen molar-refractivity contribution in [3.05, 3.63) is 101 Å². The number of benzene rings is 3. The molecule has 0 aromatic heterocycles. The highest BCUT2D eigenvalue weighted by molar-refractivity contribution is 5.90. The third-order valence-corrected chi connectivity index (χ3v) is 10.5. The van der Waals surface area contributed by atoms with Crippen LogP contribution in [-0.2, 0) is 31.9 Å². The van der Waals surface area contributed by atoms with Crippen molar-refractivity contribution in [1.29, 1.82) is 0 Å². The van der Waals surface area contributed by atoms with Gasteiger partial charge in [0.05, 0.1) is 19.2 Å². The van der Waals surface area contributed by atoms with Gasteiger partial charge in [-0.2, -0.15) is 0 Å². The number of methoxy groups -OCH3 is 1. The number of ketones is 2. The number of carbonyl (C=O) groups excluding carboxylic acids is 4. The highest BCUT2D eigenvalue weighted by atomic mass is 16.6. The van der Waals surface area contributed by atoms with Crippen LogP contribution in [0.25, 0.3) is 0 Å². The zero-order valence-electron chi connectivity index (χ0n) is 32.2. The van der Waals surface area contributed by atoms with Crippen LogP contribution in [0.15, 0.2) is 72.8 Å². The lowest BCUT2D eigenvalue weighted by Gasteiger charge is -2.28. The molecule has 0 radical (unpaired) electrons. The standard InChI is InChI=1S/C44H54N2O7/c1-43(2,3)52-41(49)45-24-8-10-34(45)36(47)26-28-12-16-30(17-13-28)38-39(40(38)32-20-22-33(51-7)23-21-32)31-18-14-29(15-19-31)27-37(48)35-11-9-25-46(35)42(50)53-44(4,5)6/h12-23,34-35,38-40H,8-11,24-27H2,1-7H3/t34-,35-,38?,39?,40?/m0/s1. The van der Waals surface area contributed by atoms with Crippen LogP contribution in [0.2, 0.25) is 0 Å². The Balaban J connectivity index is 1.14. The third kappa shape index (κ3) is 9.11. The molecule has 2 amide bonds. The molecule has 0 bridgehead atoms. The second-order valence-electron chi connectivity index (χ2n) is 16.8. The number of hydrogen-bond donors (Lipinski definition) is 0. The van der Waals surface area contributed by atoms with Crippen LogP contribution in [0.1, 0.15) is 113 Å². The number of likely N-dealkylation sites (tertiary alicyclic amines) is 2. The lowest BCUT2D eigenvalue weighted by atomic mass is 9.97. The maximum atomic E-state index is 13.4. The van der Waals surface area contributed by atoms with Crippen LogP contribution < -0.4 is 4.74 Å². The Morgan fingerprint density at radius 3 is 1.23 bits per heavy atom.